The van der Waals surface area contributed by atoms with E-state index in [-0.39, 0.29) is 5.91 Å². The highest BCUT2D eigenvalue weighted by atomic mass is 16.5. The van der Waals surface area contributed by atoms with Gasteiger partial charge in [-0.1, -0.05) is 30.3 Å². The monoisotopic (exact) mass is 404 g/mol. The van der Waals surface area contributed by atoms with Crippen molar-refractivity contribution in [3.05, 3.63) is 60.4 Å². The molecular weight excluding hydrogens is 376 g/mol. The van der Waals surface area contributed by atoms with Crippen molar-refractivity contribution >= 4 is 22.4 Å². The van der Waals surface area contributed by atoms with Crippen molar-refractivity contribution in [3.63, 3.8) is 0 Å². The van der Waals surface area contributed by atoms with Crippen LogP contribution in [0.1, 0.15) is 19.4 Å². The van der Waals surface area contributed by atoms with Gasteiger partial charge < -0.3 is 19.0 Å². The Kier molecular flexibility index (Phi) is 5.91. The van der Waals surface area contributed by atoms with Crippen LogP contribution in [0, 0.1) is 0 Å². The molecule has 0 atom stereocenters. The molecule has 1 aromatic heterocycles. The van der Waals surface area contributed by atoms with E-state index in [2.05, 4.69) is 30.1 Å². The first kappa shape index (κ1) is 20.2. The lowest BCUT2D eigenvalue weighted by atomic mass is 9.99. The van der Waals surface area contributed by atoms with E-state index < -0.39 is 0 Å². The van der Waals surface area contributed by atoms with Crippen molar-refractivity contribution < 1.29 is 13.9 Å². The van der Waals surface area contributed by atoms with Gasteiger partial charge in [0, 0.05) is 54.8 Å². The highest BCUT2D eigenvalue weighted by Crippen LogP contribution is 2.37. The maximum Gasteiger partial charge on any atom is 0.246 e. The zero-order valence-electron chi connectivity index (χ0n) is 17.9. The molecule has 1 aliphatic rings. The molecule has 0 radical (unpaired) electrons. The topological polar surface area (TPSA) is 45.9 Å². The van der Waals surface area contributed by atoms with E-state index in [0.29, 0.717) is 6.61 Å². The quantitative estimate of drug-likeness (QED) is 0.580. The molecule has 4 rings (SSSR count). The Hall–Kier alpha value is -3.05. The molecule has 1 amide bonds. The number of amides is 1. The molecule has 3 aromatic rings. The summed E-state index contributed by atoms with van der Waals surface area (Å²) in [6, 6.07) is 14.2. The lowest BCUT2D eigenvalue weighted by molar-refractivity contribution is -0.127. The molecule has 0 bridgehead atoms. The summed E-state index contributed by atoms with van der Waals surface area (Å²) in [5.41, 5.74) is 4.73. The second kappa shape index (κ2) is 8.76. The fraction of sp³-hybridized carbons (Fsp3) is 0.320. The maximum absolute atomic E-state index is 12.8. The molecule has 5 nitrogen and oxygen atoms in total. The Bertz CT molecular complexity index is 1060. The first-order chi connectivity index (χ1) is 14.6. The normalized spacial score (nSPS) is 15.6. The van der Waals surface area contributed by atoms with E-state index in [1.54, 1.807) is 12.3 Å². The minimum Gasteiger partial charge on any atom is -0.493 e. The van der Waals surface area contributed by atoms with Crippen LogP contribution < -0.4 is 4.74 Å². The van der Waals surface area contributed by atoms with Gasteiger partial charge in [0.2, 0.25) is 5.91 Å². The highest BCUT2D eigenvalue weighted by molar-refractivity contribution is 6.00. The molecule has 1 saturated heterocycles. The number of carbonyl (C=O) groups is 1. The van der Waals surface area contributed by atoms with Crippen molar-refractivity contribution in [3.8, 4) is 16.9 Å². The largest absolute Gasteiger partial charge is 0.493 e. The van der Waals surface area contributed by atoms with Crippen LogP contribution in [0.15, 0.2) is 59.2 Å². The molecule has 0 aliphatic carbocycles. The number of furan rings is 1. The van der Waals surface area contributed by atoms with E-state index >= 15 is 0 Å². The van der Waals surface area contributed by atoms with Crippen molar-refractivity contribution in [1.29, 1.82) is 0 Å². The van der Waals surface area contributed by atoms with Crippen LogP contribution in [0.5, 0.6) is 5.75 Å². The number of piperazine rings is 1. The van der Waals surface area contributed by atoms with E-state index in [1.165, 1.54) is 0 Å². The molecule has 0 saturated carbocycles. The van der Waals surface area contributed by atoms with Gasteiger partial charge in [0.05, 0.1) is 12.9 Å². The molecule has 156 valence electrons. The summed E-state index contributed by atoms with van der Waals surface area (Å²) in [5, 5.41) is 1.01. The Morgan fingerprint density at radius 2 is 1.87 bits per heavy atom. The highest BCUT2D eigenvalue weighted by Gasteiger charge is 2.19. The molecule has 1 fully saturated rings. The number of nitrogens with zero attached hydrogens (tertiary/aromatic N) is 2. The molecule has 0 spiro atoms. The predicted octanol–water partition coefficient (Wildman–Crippen LogP) is 4.68. The second-order valence-corrected chi connectivity index (χ2v) is 7.75. The fourth-order valence-electron chi connectivity index (χ4n) is 3.86. The van der Waals surface area contributed by atoms with Gasteiger partial charge in [0.15, 0.2) is 0 Å². The molecule has 1 aliphatic heterocycles. The Balaban J connectivity index is 1.72. The van der Waals surface area contributed by atoms with Crippen LogP contribution in [-0.4, -0.2) is 55.5 Å². The summed E-state index contributed by atoms with van der Waals surface area (Å²) < 4.78 is 11.7. The summed E-state index contributed by atoms with van der Waals surface area (Å²) in [5.74, 6) is 0.789. The number of hydrogen-bond acceptors (Lipinski definition) is 4. The van der Waals surface area contributed by atoms with Crippen LogP contribution >= 0.6 is 0 Å². The Morgan fingerprint density at radius 1 is 1.13 bits per heavy atom. The second-order valence-electron chi connectivity index (χ2n) is 7.75. The fourth-order valence-corrected chi connectivity index (χ4v) is 3.86. The van der Waals surface area contributed by atoms with Crippen molar-refractivity contribution in [1.82, 2.24) is 9.80 Å². The number of rotatable bonds is 5. The number of carbonyl (C=O) groups excluding carboxylic acids is 1. The third-order valence-corrected chi connectivity index (χ3v) is 5.64. The summed E-state index contributed by atoms with van der Waals surface area (Å²) in [6.45, 7) is 7.81. The smallest absolute Gasteiger partial charge is 0.246 e. The van der Waals surface area contributed by atoms with Gasteiger partial charge in [-0.2, -0.15) is 0 Å². The molecule has 0 unspecified atom stereocenters. The summed E-state index contributed by atoms with van der Waals surface area (Å²) in [6.07, 6.45) is 3.52. The van der Waals surface area contributed by atoms with Crippen LogP contribution in [0.4, 0.5) is 0 Å². The minimum atomic E-state index is 0.0543. The summed E-state index contributed by atoms with van der Waals surface area (Å²) >= 11 is 0. The average molecular weight is 405 g/mol. The summed E-state index contributed by atoms with van der Waals surface area (Å²) in [7, 11) is 2.09. The standard InChI is InChI=1S/C25H28N2O3/c1-4-29-23-16-24-21(22(17-30-24)19-8-6-5-7-9-19)15-20(23)18(2)14-25(28)27-12-10-26(3)11-13-27/h5-9,14-17H,4,10-13H2,1-3H3/b18-14+. The molecule has 0 N–H and O–H groups in total. The van der Waals surface area contributed by atoms with E-state index in [0.717, 1.165) is 65.2 Å². The van der Waals surface area contributed by atoms with Gasteiger partial charge in [0.25, 0.3) is 0 Å². The Labute approximate surface area is 177 Å². The van der Waals surface area contributed by atoms with Gasteiger partial charge in [0.1, 0.15) is 11.3 Å². The third-order valence-electron chi connectivity index (χ3n) is 5.64. The lowest BCUT2D eigenvalue weighted by Gasteiger charge is -2.31. The maximum atomic E-state index is 12.8. The predicted molar refractivity (Wildman–Crippen MR) is 121 cm³/mol. The molecular formula is C25H28N2O3. The molecule has 5 heteroatoms. The van der Waals surface area contributed by atoms with Gasteiger partial charge in [-0.25, -0.2) is 0 Å². The number of hydrogen-bond donors (Lipinski definition) is 0. The number of ether oxygens (including phenoxy) is 1. The van der Waals surface area contributed by atoms with Crippen molar-refractivity contribution in [2.45, 2.75) is 13.8 Å². The number of allylic oxidation sites excluding steroid dienone is 1. The van der Waals surface area contributed by atoms with Crippen LogP contribution in [-0.2, 0) is 4.79 Å². The van der Waals surface area contributed by atoms with Gasteiger partial charge >= 0.3 is 0 Å². The third kappa shape index (κ3) is 4.12. The van der Waals surface area contributed by atoms with Crippen LogP contribution in [0.2, 0.25) is 0 Å². The molecule has 2 heterocycles. The zero-order valence-corrected chi connectivity index (χ0v) is 17.9. The minimum absolute atomic E-state index is 0.0543. The zero-order chi connectivity index (χ0) is 21.1. The van der Waals surface area contributed by atoms with Crippen molar-refractivity contribution in [2.24, 2.45) is 0 Å². The van der Waals surface area contributed by atoms with Gasteiger partial charge in [-0.15, -0.1) is 0 Å². The number of benzene rings is 2. The van der Waals surface area contributed by atoms with E-state index in [4.69, 9.17) is 9.15 Å². The first-order valence-corrected chi connectivity index (χ1v) is 10.5. The molecule has 30 heavy (non-hydrogen) atoms. The van der Waals surface area contributed by atoms with Crippen molar-refractivity contribution in [2.75, 3.05) is 39.8 Å². The molecule has 2 aromatic carbocycles. The summed E-state index contributed by atoms with van der Waals surface area (Å²) in [4.78, 5) is 17.0. The SMILES string of the molecule is CCOc1cc2occ(-c3ccccc3)c2cc1/C(C)=C/C(=O)N1CCN(C)CC1. The average Bonchev–Trinajstić information content (AvgIpc) is 3.17. The van der Waals surface area contributed by atoms with Gasteiger partial charge in [-0.05, 0) is 38.1 Å². The number of likely N-dealkylation sites (N-methyl/N-ethyl adjacent to an activating group) is 1. The first-order valence-electron chi connectivity index (χ1n) is 10.5. The van der Waals surface area contributed by atoms with E-state index in [9.17, 15) is 4.79 Å². The Morgan fingerprint density at radius 3 is 2.57 bits per heavy atom. The van der Waals surface area contributed by atoms with Gasteiger partial charge in [-0.3, -0.25) is 4.79 Å². The van der Waals surface area contributed by atoms with Crippen LogP contribution in [0.3, 0.4) is 0 Å². The lowest BCUT2D eigenvalue weighted by Crippen LogP contribution is -2.46. The number of fused-ring (bicyclic) bond motifs is 1. The van der Waals surface area contributed by atoms with E-state index in [1.807, 2.05) is 43.0 Å². The van der Waals surface area contributed by atoms with Crippen LogP contribution in [0.25, 0.3) is 27.7 Å².